The Labute approximate surface area is 171 Å². The van der Waals surface area contributed by atoms with Crippen molar-refractivity contribution in [1.82, 2.24) is 15.5 Å². The van der Waals surface area contributed by atoms with Gasteiger partial charge in [-0.3, -0.25) is 4.79 Å². The third-order valence-electron chi connectivity index (χ3n) is 5.09. The number of nitrogens with zero attached hydrogens (tertiary/aromatic N) is 2. The molecule has 1 unspecified atom stereocenters. The predicted molar refractivity (Wildman–Crippen MR) is 107 cm³/mol. The first-order valence-corrected chi connectivity index (χ1v) is 9.89. The number of hydrogen-bond donors (Lipinski definition) is 2. The second kappa shape index (κ2) is 10.6. The number of ether oxygens (including phenoxy) is 1. The van der Waals surface area contributed by atoms with Crippen LogP contribution in [0, 0.1) is 23.1 Å². The van der Waals surface area contributed by atoms with E-state index in [-0.39, 0.29) is 41.9 Å². The van der Waals surface area contributed by atoms with Crippen LogP contribution < -0.4 is 15.4 Å². The van der Waals surface area contributed by atoms with Crippen LogP contribution in [0.5, 0.6) is 5.75 Å². The van der Waals surface area contributed by atoms with Gasteiger partial charge in [-0.1, -0.05) is 26.0 Å². The number of urea groups is 1. The van der Waals surface area contributed by atoms with Gasteiger partial charge in [0.2, 0.25) is 5.91 Å². The number of likely N-dealkylation sites (tertiary alicyclic amines) is 1. The fraction of sp³-hybridized carbons (Fsp3) is 0.571. The molecule has 0 radical (unpaired) electrons. The van der Waals surface area contributed by atoms with Gasteiger partial charge >= 0.3 is 6.03 Å². The molecule has 2 rings (SSSR count). The molecule has 0 spiro atoms. The van der Waals surface area contributed by atoms with E-state index in [0.29, 0.717) is 32.4 Å². The maximum Gasteiger partial charge on any atom is 0.318 e. The average molecular weight is 404 g/mol. The highest BCUT2D eigenvalue weighted by atomic mass is 19.1. The molecule has 1 aromatic rings. The van der Waals surface area contributed by atoms with Gasteiger partial charge in [0.15, 0.2) is 11.6 Å². The summed E-state index contributed by atoms with van der Waals surface area (Å²) in [7, 11) is 1.46. The van der Waals surface area contributed by atoms with Crippen LogP contribution in [0.25, 0.3) is 0 Å². The number of amides is 3. The molecule has 1 atom stereocenters. The van der Waals surface area contributed by atoms with Gasteiger partial charge in [0.1, 0.15) is 12.6 Å². The molecular weight excluding hydrogens is 375 g/mol. The van der Waals surface area contributed by atoms with E-state index in [1.165, 1.54) is 13.2 Å². The molecule has 1 fully saturated rings. The summed E-state index contributed by atoms with van der Waals surface area (Å²) in [4.78, 5) is 26.6. The maximum absolute atomic E-state index is 14.0. The molecule has 1 aliphatic heterocycles. The van der Waals surface area contributed by atoms with Crippen molar-refractivity contribution in [2.75, 3.05) is 26.7 Å². The second-order valence-electron chi connectivity index (χ2n) is 7.63. The molecule has 1 aliphatic rings. The van der Waals surface area contributed by atoms with Crippen molar-refractivity contribution in [2.45, 2.75) is 45.1 Å². The first kappa shape index (κ1) is 22.5. The van der Waals surface area contributed by atoms with Crippen LogP contribution in [0.15, 0.2) is 18.2 Å². The van der Waals surface area contributed by atoms with Crippen LogP contribution in [-0.4, -0.2) is 49.6 Å². The number of piperidine rings is 1. The summed E-state index contributed by atoms with van der Waals surface area (Å²) in [6.07, 6.45) is 1.85. The molecule has 7 nitrogen and oxygen atoms in total. The minimum Gasteiger partial charge on any atom is -0.493 e. The smallest absolute Gasteiger partial charge is 0.318 e. The van der Waals surface area contributed by atoms with Gasteiger partial charge in [-0.25, -0.2) is 9.18 Å². The molecule has 0 bridgehead atoms. The molecule has 3 amide bonds. The third-order valence-corrected chi connectivity index (χ3v) is 5.09. The molecule has 2 N–H and O–H groups in total. The van der Waals surface area contributed by atoms with Crippen molar-refractivity contribution in [3.63, 3.8) is 0 Å². The first-order valence-electron chi connectivity index (χ1n) is 9.89. The second-order valence-corrected chi connectivity index (χ2v) is 7.63. The quantitative estimate of drug-likeness (QED) is 0.683. The molecule has 1 heterocycles. The Morgan fingerprint density at radius 2 is 2.03 bits per heavy atom. The van der Waals surface area contributed by atoms with Crippen molar-refractivity contribution in [1.29, 1.82) is 5.26 Å². The Hall–Kier alpha value is -2.82. The number of carbonyl (C=O) groups excluding carboxylic acids is 2. The van der Waals surface area contributed by atoms with Crippen molar-refractivity contribution in [2.24, 2.45) is 5.92 Å². The number of nitriles is 1. The van der Waals surface area contributed by atoms with Gasteiger partial charge in [-0.15, -0.1) is 0 Å². The number of nitrogens with one attached hydrogen (secondary N) is 2. The molecule has 1 saturated heterocycles. The number of para-hydroxylation sites is 1. The fourth-order valence-corrected chi connectivity index (χ4v) is 3.65. The van der Waals surface area contributed by atoms with Crippen LogP contribution in [0.4, 0.5) is 9.18 Å². The number of halogens is 1. The number of benzene rings is 1. The highest BCUT2D eigenvalue weighted by molar-refractivity contribution is 5.87. The van der Waals surface area contributed by atoms with Gasteiger partial charge in [0, 0.05) is 18.7 Å². The Balaban J connectivity index is 1.97. The van der Waals surface area contributed by atoms with Crippen molar-refractivity contribution >= 4 is 11.9 Å². The summed E-state index contributed by atoms with van der Waals surface area (Å²) in [6.45, 7) is 4.85. The first-order chi connectivity index (χ1) is 13.9. The molecule has 29 heavy (non-hydrogen) atoms. The summed E-state index contributed by atoms with van der Waals surface area (Å²) in [5.41, 5.74) is 0.820. The van der Waals surface area contributed by atoms with Crippen LogP contribution in [0.3, 0.4) is 0 Å². The Bertz CT molecular complexity index is 755. The summed E-state index contributed by atoms with van der Waals surface area (Å²) in [6, 6.07) is 5.79. The maximum atomic E-state index is 14.0. The van der Waals surface area contributed by atoms with E-state index in [2.05, 4.69) is 10.6 Å². The SMILES string of the molecule is COc1c(F)cccc1C1CCN(C(=O)NC(CC(C)C)C(=O)NCC#N)CC1. The number of rotatable bonds is 7. The summed E-state index contributed by atoms with van der Waals surface area (Å²) in [5.74, 6) is -0.158. The minimum atomic E-state index is -0.683. The summed E-state index contributed by atoms with van der Waals surface area (Å²) in [5, 5.41) is 13.9. The van der Waals surface area contributed by atoms with E-state index in [0.717, 1.165) is 5.56 Å². The van der Waals surface area contributed by atoms with Crippen LogP contribution >= 0.6 is 0 Å². The number of hydrogen-bond acceptors (Lipinski definition) is 4. The monoisotopic (exact) mass is 404 g/mol. The van der Waals surface area contributed by atoms with Gasteiger partial charge in [0.05, 0.1) is 13.2 Å². The van der Waals surface area contributed by atoms with E-state index in [1.807, 2.05) is 26.0 Å². The molecule has 1 aromatic carbocycles. The van der Waals surface area contributed by atoms with Gasteiger partial charge in [-0.05, 0) is 37.2 Å². The lowest BCUT2D eigenvalue weighted by molar-refractivity contribution is -0.123. The predicted octanol–water partition coefficient (Wildman–Crippen LogP) is 2.78. The Morgan fingerprint density at radius 1 is 1.34 bits per heavy atom. The Morgan fingerprint density at radius 3 is 2.62 bits per heavy atom. The van der Waals surface area contributed by atoms with E-state index < -0.39 is 6.04 Å². The normalized spacial score (nSPS) is 15.5. The Kier molecular flexibility index (Phi) is 8.25. The van der Waals surface area contributed by atoms with Gasteiger partial charge in [-0.2, -0.15) is 5.26 Å². The standard InChI is InChI=1S/C21H29FN4O3/c1-14(2)13-18(20(27)24-10-9-23)25-21(28)26-11-7-15(8-12-26)16-5-4-6-17(22)19(16)29-3/h4-6,14-15,18H,7-8,10-13H2,1-3H3,(H,24,27)(H,25,28). The molecule has 158 valence electrons. The van der Waals surface area contributed by atoms with E-state index in [4.69, 9.17) is 10.00 Å². The van der Waals surface area contributed by atoms with Gasteiger partial charge < -0.3 is 20.3 Å². The fourth-order valence-electron chi connectivity index (χ4n) is 3.65. The molecular formula is C21H29FN4O3. The number of methoxy groups -OCH3 is 1. The molecule has 0 aliphatic carbocycles. The zero-order chi connectivity index (χ0) is 21.4. The highest BCUT2D eigenvalue weighted by Gasteiger charge is 2.29. The highest BCUT2D eigenvalue weighted by Crippen LogP contribution is 2.35. The van der Waals surface area contributed by atoms with Crippen LogP contribution in [0.1, 0.15) is 44.6 Å². The lowest BCUT2D eigenvalue weighted by Crippen LogP contribution is -2.53. The lowest BCUT2D eigenvalue weighted by atomic mass is 9.88. The lowest BCUT2D eigenvalue weighted by Gasteiger charge is -2.34. The third kappa shape index (κ3) is 6.08. The molecule has 0 saturated carbocycles. The summed E-state index contributed by atoms with van der Waals surface area (Å²) < 4.78 is 19.2. The molecule has 8 heteroatoms. The van der Waals surface area contributed by atoms with E-state index in [9.17, 15) is 14.0 Å². The summed E-state index contributed by atoms with van der Waals surface area (Å²) >= 11 is 0. The zero-order valence-electron chi connectivity index (χ0n) is 17.2. The largest absolute Gasteiger partial charge is 0.493 e. The van der Waals surface area contributed by atoms with E-state index in [1.54, 1.807) is 11.0 Å². The zero-order valence-corrected chi connectivity index (χ0v) is 17.2. The minimum absolute atomic E-state index is 0.0931. The molecule has 0 aromatic heterocycles. The topological polar surface area (TPSA) is 94.5 Å². The van der Waals surface area contributed by atoms with Crippen molar-refractivity contribution < 1.29 is 18.7 Å². The van der Waals surface area contributed by atoms with E-state index >= 15 is 0 Å². The van der Waals surface area contributed by atoms with Gasteiger partial charge in [0.25, 0.3) is 0 Å². The van der Waals surface area contributed by atoms with Crippen LogP contribution in [-0.2, 0) is 4.79 Å². The number of carbonyl (C=O) groups is 2. The van der Waals surface area contributed by atoms with Crippen molar-refractivity contribution in [3.8, 4) is 11.8 Å². The van der Waals surface area contributed by atoms with Crippen molar-refractivity contribution in [3.05, 3.63) is 29.6 Å². The average Bonchev–Trinajstić information content (AvgIpc) is 2.71. The van der Waals surface area contributed by atoms with Crippen LogP contribution in [0.2, 0.25) is 0 Å².